The average molecular weight is 506 g/mol. The fourth-order valence-corrected chi connectivity index (χ4v) is 4.65. The van der Waals surface area contributed by atoms with Crippen molar-refractivity contribution in [3.8, 4) is 0 Å². The van der Waals surface area contributed by atoms with Crippen molar-refractivity contribution < 1.29 is 14.4 Å². The van der Waals surface area contributed by atoms with Gasteiger partial charge >= 0.3 is 0 Å². The molecule has 1 aromatic carbocycles. The van der Waals surface area contributed by atoms with Crippen molar-refractivity contribution in [1.82, 2.24) is 19.7 Å². The number of carbonyl (C=O) groups excluding carboxylic acids is 3. The zero-order valence-corrected chi connectivity index (χ0v) is 21.5. The van der Waals surface area contributed by atoms with Crippen LogP contribution in [0.5, 0.6) is 0 Å². The second-order valence-electron chi connectivity index (χ2n) is 8.77. The highest BCUT2D eigenvalue weighted by molar-refractivity contribution is 7.13. The van der Waals surface area contributed by atoms with Gasteiger partial charge in [0.1, 0.15) is 6.54 Å². The Morgan fingerprint density at radius 1 is 1.15 bits per heavy atom. The van der Waals surface area contributed by atoms with Crippen LogP contribution in [0, 0.1) is 5.92 Å². The highest BCUT2D eigenvalue weighted by atomic mass is 35.5. The quantitative estimate of drug-likeness (QED) is 0.565. The van der Waals surface area contributed by atoms with Crippen LogP contribution in [-0.2, 0) is 16.0 Å². The molecule has 34 heavy (non-hydrogen) atoms. The van der Waals surface area contributed by atoms with E-state index < -0.39 is 0 Å². The lowest BCUT2D eigenvalue weighted by molar-refractivity contribution is -0.132. The molecule has 2 heterocycles. The zero-order chi connectivity index (χ0) is 24.7. The summed E-state index contributed by atoms with van der Waals surface area (Å²) >= 11 is 7.20. The number of rotatable bonds is 9. The molecular weight excluding hydrogens is 474 g/mol. The van der Waals surface area contributed by atoms with E-state index in [2.05, 4.69) is 22.1 Å². The third-order valence-corrected chi connectivity index (χ3v) is 6.66. The monoisotopic (exact) mass is 505 g/mol. The van der Waals surface area contributed by atoms with Crippen LogP contribution in [-0.4, -0.2) is 83.2 Å². The van der Waals surface area contributed by atoms with E-state index >= 15 is 0 Å². The molecular formula is C24H32ClN5O3S. The molecule has 0 unspecified atom stereocenters. The van der Waals surface area contributed by atoms with Gasteiger partial charge in [0.25, 0.3) is 5.91 Å². The van der Waals surface area contributed by atoms with Gasteiger partial charge in [-0.15, -0.1) is 11.3 Å². The highest BCUT2D eigenvalue weighted by Gasteiger charge is 2.23. The number of piperazine rings is 1. The smallest absolute Gasteiger partial charge is 0.254 e. The molecule has 0 saturated carbocycles. The van der Waals surface area contributed by atoms with Crippen LogP contribution in [0.25, 0.3) is 0 Å². The van der Waals surface area contributed by atoms with Gasteiger partial charge in [-0.2, -0.15) is 0 Å². The Bertz CT molecular complexity index is 987. The van der Waals surface area contributed by atoms with E-state index in [9.17, 15) is 14.4 Å². The second kappa shape index (κ2) is 12.3. The molecule has 1 fully saturated rings. The van der Waals surface area contributed by atoms with Crippen LogP contribution in [0.1, 0.15) is 36.8 Å². The molecule has 1 aromatic heterocycles. The minimum atomic E-state index is -0.328. The van der Waals surface area contributed by atoms with Crippen LogP contribution in [0.4, 0.5) is 5.13 Å². The third kappa shape index (κ3) is 7.51. The van der Waals surface area contributed by atoms with Crippen LogP contribution in [0.15, 0.2) is 29.6 Å². The molecule has 8 nitrogen and oxygen atoms in total. The molecule has 0 spiro atoms. The fourth-order valence-electron chi connectivity index (χ4n) is 3.79. The molecule has 1 aliphatic heterocycles. The highest BCUT2D eigenvalue weighted by Crippen LogP contribution is 2.18. The maximum Gasteiger partial charge on any atom is 0.254 e. The molecule has 1 aliphatic rings. The predicted octanol–water partition coefficient (Wildman–Crippen LogP) is 3.24. The van der Waals surface area contributed by atoms with E-state index in [4.69, 9.17) is 11.6 Å². The van der Waals surface area contributed by atoms with Gasteiger partial charge in [-0.1, -0.05) is 32.4 Å². The summed E-state index contributed by atoms with van der Waals surface area (Å²) in [4.78, 5) is 48.4. The number of likely N-dealkylation sites (N-methyl/N-ethyl adjacent to an activating group) is 1. The lowest BCUT2D eigenvalue weighted by Gasteiger charge is -2.34. The summed E-state index contributed by atoms with van der Waals surface area (Å²) < 4.78 is 0. The summed E-state index contributed by atoms with van der Waals surface area (Å²) in [6.07, 6.45) is 0.215. The van der Waals surface area contributed by atoms with Crippen LogP contribution in [0.2, 0.25) is 5.02 Å². The molecule has 3 amide bonds. The van der Waals surface area contributed by atoms with Gasteiger partial charge in [0.15, 0.2) is 5.13 Å². The number of anilines is 1. The Hall–Kier alpha value is -2.49. The topological polar surface area (TPSA) is 85.9 Å². The SMILES string of the molecule is CCN1CCN(C(=O)Cc2csc(NC(=O)CN(CC(C)C)C(=O)c3ccc(Cl)cc3)n2)CC1. The largest absolute Gasteiger partial charge is 0.340 e. The Labute approximate surface area is 209 Å². The van der Waals surface area contributed by atoms with Crippen molar-refractivity contribution in [2.45, 2.75) is 27.2 Å². The fraction of sp³-hybridized carbons (Fsp3) is 0.500. The van der Waals surface area contributed by atoms with Gasteiger partial charge in [-0.3, -0.25) is 14.4 Å². The normalized spacial score (nSPS) is 14.3. The van der Waals surface area contributed by atoms with Crippen molar-refractivity contribution in [2.75, 3.05) is 51.1 Å². The summed E-state index contributed by atoms with van der Waals surface area (Å²) in [7, 11) is 0. The van der Waals surface area contributed by atoms with E-state index in [1.165, 1.54) is 16.2 Å². The summed E-state index contributed by atoms with van der Waals surface area (Å²) in [5.74, 6) is -0.309. The predicted molar refractivity (Wildman–Crippen MR) is 135 cm³/mol. The number of thiazole rings is 1. The number of benzene rings is 1. The van der Waals surface area contributed by atoms with Gasteiger partial charge < -0.3 is 20.0 Å². The van der Waals surface area contributed by atoms with E-state index in [0.717, 1.165) is 32.7 Å². The number of hydrogen-bond donors (Lipinski definition) is 1. The molecule has 2 aromatic rings. The number of nitrogens with zero attached hydrogens (tertiary/aromatic N) is 4. The van der Waals surface area contributed by atoms with Crippen molar-refractivity contribution in [3.63, 3.8) is 0 Å². The molecule has 0 bridgehead atoms. The van der Waals surface area contributed by atoms with Crippen molar-refractivity contribution in [3.05, 3.63) is 45.9 Å². The molecule has 0 aliphatic carbocycles. The Morgan fingerprint density at radius 2 is 1.82 bits per heavy atom. The first-order chi connectivity index (χ1) is 16.2. The molecule has 10 heteroatoms. The average Bonchev–Trinajstić information content (AvgIpc) is 3.24. The van der Waals surface area contributed by atoms with Gasteiger partial charge in [0.05, 0.1) is 12.1 Å². The van der Waals surface area contributed by atoms with E-state index in [1.807, 2.05) is 18.7 Å². The Kier molecular flexibility index (Phi) is 9.44. The van der Waals surface area contributed by atoms with Crippen molar-refractivity contribution in [2.24, 2.45) is 5.92 Å². The molecule has 1 saturated heterocycles. The zero-order valence-electron chi connectivity index (χ0n) is 19.9. The molecule has 1 N–H and O–H groups in total. The summed E-state index contributed by atoms with van der Waals surface area (Å²) in [5.41, 5.74) is 1.12. The van der Waals surface area contributed by atoms with Crippen LogP contribution < -0.4 is 5.32 Å². The number of halogens is 1. The van der Waals surface area contributed by atoms with E-state index in [1.54, 1.807) is 29.6 Å². The second-order valence-corrected chi connectivity index (χ2v) is 10.1. The number of amides is 3. The van der Waals surface area contributed by atoms with Gasteiger partial charge in [-0.05, 0) is 36.7 Å². The first-order valence-electron chi connectivity index (χ1n) is 11.5. The maximum absolute atomic E-state index is 12.9. The standard InChI is InChI=1S/C24H32ClN5O3S/c1-4-28-9-11-29(12-10-28)22(32)13-20-16-34-24(26-20)27-21(31)15-30(14-17(2)3)23(33)18-5-7-19(25)8-6-18/h5-8,16-17H,4,9-15H2,1-3H3,(H,26,27,31). The van der Waals surface area contributed by atoms with E-state index in [0.29, 0.717) is 28.0 Å². The minimum Gasteiger partial charge on any atom is -0.340 e. The Morgan fingerprint density at radius 3 is 2.44 bits per heavy atom. The van der Waals surface area contributed by atoms with Crippen LogP contribution >= 0.6 is 22.9 Å². The molecule has 0 atom stereocenters. The first kappa shape index (κ1) is 26.1. The Balaban J connectivity index is 1.55. The van der Waals surface area contributed by atoms with Gasteiger partial charge in [0, 0.05) is 48.7 Å². The minimum absolute atomic E-state index is 0.0515. The molecule has 0 radical (unpaired) electrons. The number of carbonyl (C=O) groups is 3. The number of aromatic nitrogens is 1. The van der Waals surface area contributed by atoms with Crippen molar-refractivity contribution >= 4 is 45.8 Å². The summed E-state index contributed by atoms with van der Waals surface area (Å²) in [6, 6.07) is 6.62. The number of nitrogens with one attached hydrogen (secondary N) is 1. The van der Waals surface area contributed by atoms with Crippen LogP contribution in [0.3, 0.4) is 0 Å². The molecule has 184 valence electrons. The number of hydrogen-bond acceptors (Lipinski definition) is 6. The van der Waals surface area contributed by atoms with Crippen molar-refractivity contribution in [1.29, 1.82) is 0 Å². The van der Waals surface area contributed by atoms with Gasteiger partial charge in [0.2, 0.25) is 11.8 Å². The summed E-state index contributed by atoms with van der Waals surface area (Å²) in [6.45, 7) is 10.7. The first-order valence-corrected chi connectivity index (χ1v) is 12.8. The molecule has 3 rings (SSSR count). The van der Waals surface area contributed by atoms with E-state index in [-0.39, 0.29) is 36.6 Å². The third-order valence-electron chi connectivity index (χ3n) is 5.60. The summed E-state index contributed by atoms with van der Waals surface area (Å²) in [5, 5.41) is 5.53. The maximum atomic E-state index is 12.9. The lowest BCUT2D eigenvalue weighted by atomic mass is 10.1. The lowest BCUT2D eigenvalue weighted by Crippen LogP contribution is -2.48. The van der Waals surface area contributed by atoms with Gasteiger partial charge in [-0.25, -0.2) is 4.98 Å².